The summed E-state index contributed by atoms with van der Waals surface area (Å²) >= 11 is 3.31. The van der Waals surface area contributed by atoms with Crippen LogP contribution in [0, 0.1) is 6.92 Å². The molecule has 0 aliphatic heterocycles. The molecular formula is C13H11BrN2O3. The van der Waals surface area contributed by atoms with Crippen molar-refractivity contribution in [3.63, 3.8) is 0 Å². The molecule has 0 aliphatic rings. The number of carboxylic acids is 1. The molecule has 0 amide bonds. The highest BCUT2D eigenvalue weighted by Crippen LogP contribution is 2.11. The fourth-order valence-corrected chi connectivity index (χ4v) is 2.17. The van der Waals surface area contributed by atoms with E-state index in [9.17, 15) is 9.59 Å². The van der Waals surface area contributed by atoms with E-state index in [1.54, 1.807) is 25.4 Å². The van der Waals surface area contributed by atoms with Gasteiger partial charge in [0, 0.05) is 22.6 Å². The highest BCUT2D eigenvalue weighted by Gasteiger charge is 2.12. The second kappa shape index (κ2) is 5.36. The first-order chi connectivity index (χ1) is 8.99. The topological polar surface area (TPSA) is 72.2 Å². The third-order valence-corrected chi connectivity index (χ3v) is 3.16. The zero-order valence-corrected chi connectivity index (χ0v) is 11.7. The molecule has 0 aliphatic carbocycles. The third kappa shape index (κ3) is 2.90. The summed E-state index contributed by atoms with van der Waals surface area (Å²) in [5, 5.41) is 8.96. The molecule has 0 unspecified atom stereocenters. The van der Waals surface area contributed by atoms with Crippen LogP contribution in [0.1, 0.15) is 21.6 Å². The zero-order valence-electron chi connectivity index (χ0n) is 10.1. The predicted molar refractivity (Wildman–Crippen MR) is 73.4 cm³/mol. The SMILES string of the molecule is Cc1ccc(C(=O)O)c(=O)n1Cc1cncc(Br)c1. The van der Waals surface area contributed by atoms with Crippen LogP contribution < -0.4 is 5.56 Å². The molecular weight excluding hydrogens is 312 g/mol. The molecule has 5 nitrogen and oxygen atoms in total. The van der Waals surface area contributed by atoms with E-state index in [-0.39, 0.29) is 12.1 Å². The summed E-state index contributed by atoms with van der Waals surface area (Å²) in [5.41, 5.74) is 0.790. The van der Waals surface area contributed by atoms with Crippen LogP contribution in [0.5, 0.6) is 0 Å². The summed E-state index contributed by atoms with van der Waals surface area (Å²) in [6.07, 6.45) is 3.29. The van der Waals surface area contributed by atoms with E-state index in [0.29, 0.717) is 5.69 Å². The van der Waals surface area contributed by atoms with Crippen LogP contribution in [0.15, 0.2) is 39.9 Å². The molecule has 0 bridgehead atoms. The van der Waals surface area contributed by atoms with Gasteiger partial charge < -0.3 is 9.67 Å². The predicted octanol–water partition coefficient (Wildman–Crippen LogP) is 2.06. The standard InChI is InChI=1S/C13H11BrN2O3/c1-8-2-3-11(13(18)19)12(17)16(8)7-9-4-10(14)6-15-5-9/h2-6H,7H2,1H3,(H,18,19). The van der Waals surface area contributed by atoms with Gasteiger partial charge in [0.1, 0.15) is 5.56 Å². The summed E-state index contributed by atoms with van der Waals surface area (Å²) in [5.74, 6) is -1.22. The Bertz CT molecular complexity index is 695. The van der Waals surface area contributed by atoms with Crippen molar-refractivity contribution in [1.82, 2.24) is 9.55 Å². The molecule has 98 valence electrons. The first-order valence-corrected chi connectivity index (χ1v) is 6.31. The second-order valence-corrected chi connectivity index (χ2v) is 5.01. The Hall–Kier alpha value is -1.95. The van der Waals surface area contributed by atoms with Gasteiger partial charge in [-0.2, -0.15) is 0 Å². The smallest absolute Gasteiger partial charge is 0.341 e. The van der Waals surface area contributed by atoms with Crippen molar-refractivity contribution in [2.45, 2.75) is 13.5 Å². The van der Waals surface area contributed by atoms with Crippen molar-refractivity contribution in [2.75, 3.05) is 0 Å². The molecule has 2 heterocycles. The lowest BCUT2D eigenvalue weighted by molar-refractivity contribution is 0.0694. The number of rotatable bonds is 3. The molecule has 0 fully saturated rings. The Morgan fingerprint density at radius 3 is 2.79 bits per heavy atom. The monoisotopic (exact) mass is 322 g/mol. The van der Waals surface area contributed by atoms with Gasteiger partial charge in [0.25, 0.3) is 5.56 Å². The first kappa shape index (κ1) is 13.5. The molecule has 19 heavy (non-hydrogen) atoms. The average Bonchev–Trinajstić information content (AvgIpc) is 2.34. The molecule has 2 aromatic rings. The Labute approximate surface area is 117 Å². The van der Waals surface area contributed by atoms with Crippen LogP contribution in [0.2, 0.25) is 0 Å². The molecule has 2 rings (SSSR count). The number of aromatic nitrogens is 2. The molecule has 6 heteroatoms. The number of aromatic carboxylic acids is 1. The lowest BCUT2D eigenvalue weighted by Gasteiger charge is -2.10. The highest BCUT2D eigenvalue weighted by molar-refractivity contribution is 9.10. The van der Waals surface area contributed by atoms with Crippen LogP contribution in [0.4, 0.5) is 0 Å². The molecule has 0 spiro atoms. The second-order valence-electron chi connectivity index (χ2n) is 4.10. The van der Waals surface area contributed by atoms with E-state index in [2.05, 4.69) is 20.9 Å². The number of pyridine rings is 2. The summed E-state index contributed by atoms with van der Waals surface area (Å²) < 4.78 is 2.23. The maximum Gasteiger partial charge on any atom is 0.341 e. The third-order valence-electron chi connectivity index (χ3n) is 2.73. The maximum absolute atomic E-state index is 12.1. The highest BCUT2D eigenvalue weighted by atomic mass is 79.9. The number of nitrogens with zero attached hydrogens (tertiary/aromatic N) is 2. The Balaban J connectivity index is 2.48. The minimum atomic E-state index is -1.22. The summed E-state index contributed by atoms with van der Waals surface area (Å²) in [6.45, 7) is 2.05. The van der Waals surface area contributed by atoms with Crippen molar-refractivity contribution < 1.29 is 9.90 Å². The van der Waals surface area contributed by atoms with E-state index < -0.39 is 11.5 Å². The lowest BCUT2D eigenvalue weighted by atomic mass is 10.2. The number of carbonyl (C=O) groups is 1. The summed E-state index contributed by atoms with van der Waals surface area (Å²) in [7, 11) is 0. The van der Waals surface area contributed by atoms with Gasteiger partial charge in [-0.3, -0.25) is 9.78 Å². The number of carboxylic acid groups (broad SMARTS) is 1. The number of aryl methyl sites for hydroxylation is 1. The minimum Gasteiger partial charge on any atom is -0.477 e. The lowest BCUT2D eigenvalue weighted by Crippen LogP contribution is -2.28. The van der Waals surface area contributed by atoms with E-state index in [0.717, 1.165) is 10.0 Å². The maximum atomic E-state index is 12.1. The Kier molecular flexibility index (Phi) is 3.80. The molecule has 0 saturated carbocycles. The van der Waals surface area contributed by atoms with Gasteiger partial charge in [0.15, 0.2) is 0 Å². The number of hydrogen-bond donors (Lipinski definition) is 1. The van der Waals surface area contributed by atoms with Gasteiger partial charge in [-0.1, -0.05) is 0 Å². The van der Waals surface area contributed by atoms with Gasteiger partial charge in [0.05, 0.1) is 6.54 Å². The zero-order chi connectivity index (χ0) is 14.0. The molecule has 2 aromatic heterocycles. The fraction of sp³-hybridized carbons (Fsp3) is 0.154. The van der Waals surface area contributed by atoms with E-state index in [4.69, 9.17) is 5.11 Å². The van der Waals surface area contributed by atoms with Crippen LogP contribution in [-0.4, -0.2) is 20.6 Å². The first-order valence-electron chi connectivity index (χ1n) is 5.52. The van der Waals surface area contributed by atoms with Crippen LogP contribution in [-0.2, 0) is 6.54 Å². The van der Waals surface area contributed by atoms with Crippen LogP contribution in [0.3, 0.4) is 0 Å². The molecule has 0 saturated heterocycles. The molecule has 0 atom stereocenters. The van der Waals surface area contributed by atoms with E-state index in [1.807, 2.05) is 6.07 Å². The molecule has 1 N–H and O–H groups in total. The van der Waals surface area contributed by atoms with Crippen molar-refractivity contribution in [3.05, 3.63) is 62.2 Å². The van der Waals surface area contributed by atoms with Gasteiger partial charge >= 0.3 is 5.97 Å². The summed E-state index contributed by atoms with van der Waals surface area (Å²) in [6, 6.07) is 4.79. The van der Waals surface area contributed by atoms with Crippen molar-refractivity contribution in [3.8, 4) is 0 Å². The average molecular weight is 323 g/mol. The van der Waals surface area contributed by atoms with E-state index in [1.165, 1.54) is 10.6 Å². The van der Waals surface area contributed by atoms with Crippen LogP contribution in [0.25, 0.3) is 0 Å². The van der Waals surface area contributed by atoms with Gasteiger partial charge in [-0.25, -0.2) is 4.79 Å². The van der Waals surface area contributed by atoms with Crippen molar-refractivity contribution in [2.24, 2.45) is 0 Å². The van der Waals surface area contributed by atoms with Crippen molar-refractivity contribution in [1.29, 1.82) is 0 Å². The van der Waals surface area contributed by atoms with Gasteiger partial charge in [-0.15, -0.1) is 0 Å². The largest absolute Gasteiger partial charge is 0.477 e. The van der Waals surface area contributed by atoms with Gasteiger partial charge in [0.2, 0.25) is 0 Å². The normalized spacial score (nSPS) is 10.4. The van der Waals surface area contributed by atoms with E-state index >= 15 is 0 Å². The van der Waals surface area contributed by atoms with Crippen molar-refractivity contribution >= 4 is 21.9 Å². The Morgan fingerprint density at radius 1 is 1.42 bits per heavy atom. The quantitative estimate of drug-likeness (QED) is 0.938. The molecule has 0 aromatic carbocycles. The minimum absolute atomic E-state index is 0.228. The Morgan fingerprint density at radius 2 is 2.16 bits per heavy atom. The fourth-order valence-electron chi connectivity index (χ4n) is 1.75. The number of hydrogen-bond acceptors (Lipinski definition) is 3. The summed E-state index contributed by atoms with van der Waals surface area (Å²) in [4.78, 5) is 27.0. The number of halogens is 1. The van der Waals surface area contributed by atoms with Gasteiger partial charge in [-0.05, 0) is 46.6 Å². The van der Waals surface area contributed by atoms with Crippen LogP contribution >= 0.6 is 15.9 Å². The molecule has 0 radical (unpaired) electrons.